The molecule has 0 spiro atoms. The molecule has 156 valence electrons. The quantitative estimate of drug-likeness (QED) is 0.632. The molecule has 0 aliphatic heterocycles. The minimum atomic E-state index is -3.61. The van der Waals surface area contributed by atoms with E-state index in [1.165, 1.54) is 16.4 Å². The summed E-state index contributed by atoms with van der Waals surface area (Å²) in [6.45, 7) is 7.64. The number of ether oxygens (including phenoxy) is 1. The summed E-state index contributed by atoms with van der Waals surface area (Å²) in [4.78, 5) is 23.3. The Morgan fingerprint density at radius 1 is 1.10 bits per heavy atom. The Labute approximate surface area is 171 Å². The van der Waals surface area contributed by atoms with E-state index in [0.717, 1.165) is 17.4 Å². The van der Waals surface area contributed by atoms with Crippen LogP contribution < -0.4 is 10.1 Å². The van der Waals surface area contributed by atoms with Gasteiger partial charge in [0.1, 0.15) is 12.0 Å². The molecule has 1 amide bonds. The molecular weight excluding hydrogens is 392 g/mol. The Morgan fingerprint density at radius 3 is 2.28 bits per heavy atom. The van der Waals surface area contributed by atoms with E-state index in [1.54, 1.807) is 52.0 Å². The molecule has 29 heavy (non-hydrogen) atoms. The first-order chi connectivity index (χ1) is 13.7. The lowest BCUT2D eigenvalue weighted by Crippen LogP contribution is -2.30. The van der Waals surface area contributed by atoms with Gasteiger partial charge in [0.05, 0.1) is 4.90 Å². The summed E-state index contributed by atoms with van der Waals surface area (Å²) in [6.07, 6.45) is 0.760. The van der Waals surface area contributed by atoms with Gasteiger partial charge in [-0.2, -0.15) is 4.31 Å². The highest BCUT2D eigenvalue weighted by Gasteiger charge is 2.22. The third-order valence-electron chi connectivity index (χ3n) is 4.43. The van der Waals surface area contributed by atoms with Crippen molar-refractivity contribution in [2.75, 3.05) is 25.0 Å². The van der Waals surface area contributed by atoms with E-state index in [9.17, 15) is 18.0 Å². The van der Waals surface area contributed by atoms with E-state index in [-0.39, 0.29) is 11.5 Å². The number of aryl methyl sites for hydroxylation is 2. The average molecular weight is 419 g/mol. The van der Waals surface area contributed by atoms with Gasteiger partial charge in [-0.3, -0.25) is 9.59 Å². The van der Waals surface area contributed by atoms with Crippen molar-refractivity contribution in [3.8, 4) is 5.75 Å². The molecule has 2 rings (SSSR count). The van der Waals surface area contributed by atoms with Crippen LogP contribution in [0.15, 0.2) is 41.3 Å². The lowest BCUT2D eigenvalue weighted by molar-refractivity contribution is -0.118. The van der Waals surface area contributed by atoms with Crippen LogP contribution in [0.2, 0.25) is 0 Å². The molecule has 8 heteroatoms. The Morgan fingerprint density at radius 2 is 1.72 bits per heavy atom. The largest absolute Gasteiger partial charge is 0.483 e. The van der Waals surface area contributed by atoms with Gasteiger partial charge in [0.15, 0.2) is 6.61 Å². The molecule has 0 saturated carbocycles. The monoisotopic (exact) mass is 418 g/mol. The second-order valence-electron chi connectivity index (χ2n) is 6.56. The average Bonchev–Trinajstić information content (AvgIpc) is 2.68. The van der Waals surface area contributed by atoms with Gasteiger partial charge in [-0.05, 0) is 55.3 Å². The van der Waals surface area contributed by atoms with Crippen LogP contribution in [0.5, 0.6) is 5.75 Å². The predicted octanol–water partition coefficient (Wildman–Crippen LogP) is 3.16. The molecule has 7 nitrogen and oxygen atoms in total. The molecule has 1 N–H and O–H groups in total. The fraction of sp³-hybridized carbons (Fsp3) is 0.333. The van der Waals surface area contributed by atoms with Crippen molar-refractivity contribution in [1.82, 2.24) is 4.31 Å². The number of sulfonamides is 1. The van der Waals surface area contributed by atoms with E-state index in [1.807, 2.05) is 0 Å². The smallest absolute Gasteiger partial charge is 0.262 e. The zero-order valence-corrected chi connectivity index (χ0v) is 17.9. The van der Waals surface area contributed by atoms with Gasteiger partial charge < -0.3 is 10.1 Å². The number of rotatable bonds is 9. The number of benzene rings is 2. The van der Waals surface area contributed by atoms with Gasteiger partial charge >= 0.3 is 0 Å². The summed E-state index contributed by atoms with van der Waals surface area (Å²) in [6, 6.07) is 9.51. The molecule has 2 aromatic rings. The van der Waals surface area contributed by atoms with Crippen LogP contribution in [0.1, 0.15) is 35.3 Å². The van der Waals surface area contributed by atoms with Crippen LogP contribution in [0.25, 0.3) is 0 Å². The van der Waals surface area contributed by atoms with Crippen molar-refractivity contribution in [2.45, 2.75) is 32.6 Å². The summed E-state index contributed by atoms with van der Waals surface area (Å²) < 4.78 is 32.2. The first kappa shape index (κ1) is 22.6. The minimum Gasteiger partial charge on any atom is -0.483 e. The molecule has 0 unspecified atom stereocenters. The predicted molar refractivity (Wildman–Crippen MR) is 112 cm³/mol. The topological polar surface area (TPSA) is 92.8 Å². The van der Waals surface area contributed by atoms with Crippen LogP contribution in [0.4, 0.5) is 5.69 Å². The number of carbonyl (C=O) groups excluding carboxylic acids is 2. The Balaban J connectivity index is 2.10. The van der Waals surface area contributed by atoms with Crippen LogP contribution >= 0.6 is 0 Å². The van der Waals surface area contributed by atoms with Crippen molar-refractivity contribution < 1.29 is 22.7 Å². The second kappa shape index (κ2) is 9.67. The van der Waals surface area contributed by atoms with Gasteiger partial charge in [0.2, 0.25) is 10.0 Å². The lowest BCUT2D eigenvalue weighted by atomic mass is 10.1. The van der Waals surface area contributed by atoms with Crippen LogP contribution in [0, 0.1) is 13.8 Å². The van der Waals surface area contributed by atoms with Gasteiger partial charge in [0, 0.05) is 24.3 Å². The third-order valence-corrected chi connectivity index (χ3v) is 6.47. The number of amides is 1. The van der Waals surface area contributed by atoms with Gasteiger partial charge in [-0.25, -0.2) is 8.42 Å². The highest BCUT2D eigenvalue weighted by atomic mass is 32.2. The van der Waals surface area contributed by atoms with Crippen molar-refractivity contribution in [3.63, 3.8) is 0 Å². The number of nitrogens with one attached hydrogen (secondary N) is 1. The van der Waals surface area contributed by atoms with Crippen molar-refractivity contribution in [1.29, 1.82) is 0 Å². The first-order valence-electron chi connectivity index (χ1n) is 9.32. The van der Waals surface area contributed by atoms with Crippen LogP contribution in [0.3, 0.4) is 0 Å². The van der Waals surface area contributed by atoms with E-state index in [0.29, 0.717) is 30.1 Å². The maximum atomic E-state index is 12.6. The molecule has 0 bridgehead atoms. The Bertz CT molecular complexity index is 975. The van der Waals surface area contributed by atoms with Crippen LogP contribution in [-0.2, 0) is 14.8 Å². The van der Waals surface area contributed by atoms with Crippen molar-refractivity contribution in [3.05, 3.63) is 53.1 Å². The summed E-state index contributed by atoms with van der Waals surface area (Å²) in [5.74, 6) is 0.129. The Kier molecular flexibility index (Phi) is 7.53. The van der Waals surface area contributed by atoms with Crippen molar-refractivity contribution in [2.24, 2.45) is 0 Å². The maximum Gasteiger partial charge on any atom is 0.262 e. The molecule has 0 radical (unpaired) electrons. The molecule has 0 aliphatic rings. The zero-order valence-electron chi connectivity index (χ0n) is 17.1. The van der Waals surface area contributed by atoms with Crippen molar-refractivity contribution >= 4 is 27.9 Å². The van der Waals surface area contributed by atoms with Gasteiger partial charge in [-0.15, -0.1) is 0 Å². The summed E-state index contributed by atoms with van der Waals surface area (Å²) >= 11 is 0. The molecule has 0 fully saturated rings. The normalized spacial score (nSPS) is 11.3. The molecule has 0 aromatic heterocycles. The second-order valence-corrected chi connectivity index (χ2v) is 8.49. The number of anilines is 1. The molecule has 2 aromatic carbocycles. The minimum absolute atomic E-state index is 0.121. The van der Waals surface area contributed by atoms with E-state index >= 15 is 0 Å². The Hall–Kier alpha value is -2.71. The maximum absolute atomic E-state index is 12.6. The number of nitrogens with zero attached hydrogens (tertiary/aromatic N) is 1. The molecule has 0 aliphatic carbocycles. The molecule has 0 saturated heterocycles. The highest BCUT2D eigenvalue weighted by Crippen LogP contribution is 2.24. The lowest BCUT2D eigenvalue weighted by Gasteiger charge is -2.19. The number of aldehydes is 1. The number of hydrogen-bond acceptors (Lipinski definition) is 5. The van der Waals surface area contributed by atoms with Gasteiger partial charge in [0.25, 0.3) is 5.91 Å². The highest BCUT2D eigenvalue weighted by molar-refractivity contribution is 7.89. The number of carbonyl (C=O) groups is 2. The summed E-state index contributed by atoms with van der Waals surface area (Å²) in [5.41, 5.74) is 2.43. The van der Waals surface area contributed by atoms with E-state index in [4.69, 9.17) is 4.74 Å². The standard InChI is InChI=1S/C21H26N2O5S/c1-5-23(6-2)29(26,27)19-9-7-8-18(12-19)22-20(25)14-28-21-15(3)10-17(13-24)11-16(21)4/h7-13H,5-6,14H2,1-4H3,(H,22,25). The molecule has 0 heterocycles. The summed E-state index contributed by atoms with van der Waals surface area (Å²) in [5, 5.41) is 2.66. The van der Waals surface area contributed by atoms with Gasteiger partial charge in [-0.1, -0.05) is 19.9 Å². The van der Waals surface area contributed by atoms with E-state index < -0.39 is 15.9 Å². The molecular formula is C21H26N2O5S. The van der Waals surface area contributed by atoms with E-state index in [2.05, 4.69) is 5.32 Å². The first-order valence-corrected chi connectivity index (χ1v) is 10.8. The number of hydrogen-bond donors (Lipinski definition) is 1. The fourth-order valence-electron chi connectivity index (χ4n) is 3.06. The fourth-order valence-corrected chi connectivity index (χ4v) is 4.57. The SMILES string of the molecule is CCN(CC)S(=O)(=O)c1cccc(NC(=O)COc2c(C)cc(C=O)cc2C)c1. The van der Waals surface area contributed by atoms with Crippen LogP contribution in [-0.4, -0.2) is 44.6 Å². The summed E-state index contributed by atoms with van der Waals surface area (Å²) in [7, 11) is -3.61. The zero-order chi connectivity index (χ0) is 21.6. The third kappa shape index (κ3) is 5.42. The molecule has 0 atom stereocenters.